The number of ketones is 1. The molecule has 4 nitrogen and oxygen atoms in total. The SMILES string of the molecule is C[C@H]1[C@@H](c2ccccc2)N([C@@H](CCc2ccccc2)CC(=O)c2ccccc2)C(=O)N1C. The summed E-state index contributed by atoms with van der Waals surface area (Å²) in [5.41, 5.74) is 3.02. The molecule has 1 saturated heterocycles. The van der Waals surface area contributed by atoms with Crippen molar-refractivity contribution >= 4 is 11.8 Å². The molecule has 0 aliphatic carbocycles. The van der Waals surface area contributed by atoms with E-state index in [9.17, 15) is 9.59 Å². The second kappa shape index (κ2) is 9.82. The Morgan fingerprint density at radius 2 is 1.44 bits per heavy atom. The predicted octanol–water partition coefficient (Wildman–Crippen LogP) is 5.76. The van der Waals surface area contributed by atoms with E-state index in [1.165, 1.54) is 5.56 Å². The molecule has 164 valence electrons. The van der Waals surface area contributed by atoms with E-state index in [0.29, 0.717) is 12.0 Å². The molecule has 0 unspecified atom stereocenters. The summed E-state index contributed by atoms with van der Waals surface area (Å²) in [6.45, 7) is 2.09. The molecule has 3 aromatic rings. The molecule has 1 fully saturated rings. The molecule has 32 heavy (non-hydrogen) atoms. The highest BCUT2D eigenvalue weighted by Gasteiger charge is 2.45. The number of hydrogen-bond donors (Lipinski definition) is 0. The maximum absolute atomic E-state index is 13.4. The molecule has 0 radical (unpaired) electrons. The normalized spacial score (nSPS) is 19.2. The first-order valence-electron chi connectivity index (χ1n) is 11.3. The second-order valence-electron chi connectivity index (χ2n) is 8.57. The van der Waals surface area contributed by atoms with Crippen molar-refractivity contribution in [3.05, 3.63) is 108 Å². The zero-order valence-corrected chi connectivity index (χ0v) is 18.7. The van der Waals surface area contributed by atoms with Crippen LogP contribution in [0.15, 0.2) is 91.0 Å². The molecule has 0 N–H and O–H groups in total. The van der Waals surface area contributed by atoms with Crippen LogP contribution in [-0.2, 0) is 6.42 Å². The molecule has 1 heterocycles. The standard InChI is InChI=1S/C28H30N2O2/c1-21-27(24-16-10-5-11-17-24)30(28(32)29(21)2)25(19-18-22-12-6-3-7-13-22)20-26(31)23-14-8-4-9-15-23/h3-17,21,25,27H,18-20H2,1-2H3/t21-,25-,27-/m0/s1. The van der Waals surface area contributed by atoms with Gasteiger partial charge in [0.2, 0.25) is 0 Å². The lowest BCUT2D eigenvalue weighted by Crippen LogP contribution is -2.41. The number of urea groups is 1. The number of nitrogens with zero attached hydrogens (tertiary/aromatic N) is 2. The van der Waals surface area contributed by atoms with Crippen LogP contribution in [0, 0.1) is 0 Å². The number of amides is 2. The number of rotatable bonds is 8. The van der Waals surface area contributed by atoms with Crippen molar-refractivity contribution in [3.8, 4) is 0 Å². The summed E-state index contributed by atoms with van der Waals surface area (Å²) in [4.78, 5) is 30.4. The first-order valence-corrected chi connectivity index (χ1v) is 11.3. The van der Waals surface area contributed by atoms with Crippen LogP contribution in [0.1, 0.15) is 47.3 Å². The maximum atomic E-state index is 13.4. The van der Waals surface area contributed by atoms with Gasteiger partial charge in [0.05, 0.1) is 12.1 Å². The van der Waals surface area contributed by atoms with Crippen LogP contribution in [0.2, 0.25) is 0 Å². The fourth-order valence-corrected chi connectivity index (χ4v) is 4.67. The number of carbonyl (C=O) groups excluding carboxylic acids is 2. The molecule has 4 rings (SSSR count). The molecular formula is C28H30N2O2. The molecule has 2 amide bonds. The first kappa shape index (κ1) is 21.8. The molecule has 0 bridgehead atoms. The third kappa shape index (κ3) is 4.59. The fourth-order valence-electron chi connectivity index (χ4n) is 4.67. The van der Waals surface area contributed by atoms with E-state index >= 15 is 0 Å². The van der Waals surface area contributed by atoms with Crippen molar-refractivity contribution < 1.29 is 9.59 Å². The van der Waals surface area contributed by atoms with Crippen molar-refractivity contribution in [3.63, 3.8) is 0 Å². The average Bonchev–Trinajstić information content (AvgIpc) is 3.07. The van der Waals surface area contributed by atoms with Gasteiger partial charge in [-0.15, -0.1) is 0 Å². The lowest BCUT2D eigenvalue weighted by Gasteiger charge is -2.33. The predicted molar refractivity (Wildman–Crippen MR) is 128 cm³/mol. The minimum absolute atomic E-state index is 0.00900. The Balaban J connectivity index is 1.66. The quantitative estimate of drug-likeness (QED) is 0.430. The van der Waals surface area contributed by atoms with Crippen LogP contribution in [0.5, 0.6) is 0 Å². The molecule has 1 aliphatic rings. The van der Waals surface area contributed by atoms with E-state index in [1.807, 2.05) is 78.7 Å². The molecule has 3 atom stereocenters. The molecule has 0 spiro atoms. The number of hydrogen-bond acceptors (Lipinski definition) is 2. The van der Waals surface area contributed by atoms with Crippen LogP contribution in [0.25, 0.3) is 0 Å². The van der Waals surface area contributed by atoms with Crippen molar-refractivity contribution in [2.24, 2.45) is 0 Å². The molecule has 0 saturated carbocycles. The number of likely N-dealkylation sites (N-methyl/N-ethyl adjacent to an activating group) is 1. The van der Waals surface area contributed by atoms with Gasteiger partial charge in [0, 0.05) is 25.1 Å². The molecule has 0 aromatic heterocycles. The minimum Gasteiger partial charge on any atom is -0.323 e. The van der Waals surface area contributed by atoms with E-state index in [-0.39, 0.29) is 29.9 Å². The first-order chi connectivity index (χ1) is 15.6. The van der Waals surface area contributed by atoms with Crippen molar-refractivity contribution in [2.45, 2.75) is 44.3 Å². The van der Waals surface area contributed by atoms with Gasteiger partial charge in [-0.25, -0.2) is 4.79 Å². The van der Waals surface area contributed by atoms with Gasteiger partial charge in [-0.05, 0) is 30.9 Å². The highest BCUT2D eigenvalue weighted by molar-refractivity contribution is 5.96. The van der Waals surface area contributed by atoms with Gasteiger partial charge in [-0.1, -0.05) is 91.0 Å². The number of carbonyl (C=O) groups is 2. The summed E-state index contributed by atoms with van der Waals surface area (Å²) in [7, 11) is 1.86. The Morgan fingerprint density at radius 1 is 0.875 bits per heavy atom. The summed E-state index contributed by atoms with van der Waals surface area (Å²) in [5.74, 6) is 0.0745. The summed E-state index contributed by atoms with van der Waals surface area (Å²) in [6, 6.07) is 29.6. The van der Waals surface area contributed by atoms with Gasteiger partial charge in [0.1, 0.15) is 0 Å². The third-order valence-corrected chi connectivity index (χ3v) is 6.55. The van der Waals surface area contributed by atoms with Gasteiger partial charge < -0.3 is 9.80 Å². The molecular weight excluding hydrogens is 396 g/mol. The van der Waals surface area contributed by atoms with Gasteiger partial charge in [0.25, 0.3) is 0 Å². The number of Topliss-reactive ketones (excluding diaryl/α,β-unsaturated/α-hetero) is 1. The lowest BCUT2D eigenvalue weighted by atomic mass is 9.93. The van der Waals surface area contributed by atoms with Crippen LogP contribution < -0.4 is 0 Å². The Labute approximate surface area is 190 Å². The fraction of sp³-hybridized carbons (Fsp3) is 0.286. The van der Waals surface area contributed by atoms with E-state index in [2.05, 4.69) is 31.2 Å². The Hall–Kier alpha value is -3.40. The van der Waals surface area contributed by atoms with Crippen molar-refractivity contribution in [1.29, 1.82) is 0 Å². The minimum atomic E-state index is -0.187. The maximum Gasteiger partial charge on any atom is 0.320 e. The lowest BCUT2D eigenvalue weighted by molar-refractivity contribution is 0.0918. The Morgan fingerprint density at radius 3 is 2.06 bits per heavy atom. The summed E-state index contributed by atoms with van der Waals surface area (Å²) >= 11 is 0. The van der Waals surface area contributed by atoms with Gasteiger partial charge in [-0.3, -0.25) is 4.79 Å². The van der Waals surface area contributed by atoms with Crippen LogP contribution >= 0.6 is 0 Å². The molecule has 1 aliphatic heterocycles. The summed E-state index contributed by atoms with van der Waals surface area (Å²) < 4.78 is 0. The van der Waals surface area contributed by atoms with E-state index in [4.69, 9.17) is 0 Å². The van der Waals surface area contributed by atoms with E-state index < -0.39 is 0 Å². The van der Waals surface area contributed by atoms with E-state index in [0.717, 1.165) is 18.4 Å². The Kier molecular flexibility index (Phi) is 6.69. The van der Waals surface area contributed by atoms with E-state index in [1.54, 1.807) is 4.90 Å². The smallest absolute Gasteiger partial charge is 0.320 e. The number of aryl methyl sites for hydroxylation is 1. The van der Waals surface area contributed by atoms with Gasteiger partial charge in [0.15, 0.2) is 5.78 Å². The monoisotopic (exact) mass is 426 g/mol. The summed E-state index contributed by atoms with van der Waals surface area (Å²) in [6.07, 6.45) is 1.86. The Bertz CT molecular complexity index is 1040. The zero-order chi connectivity index (χ0) is 22.5. The highest BCUT2D eigenvalue weighted by Crippen LogP contribution is 2.38. The number of benzene rings is 3. The highest BCUT2D eigenvalue weighted by atomic mass is 16.2. The molecule has 4 heteroatoms. The van der Waals surface area contributed by atoms with Gasteiger partial charge in [-0.2, -0.15) is 0 Å². The van der Waals surface area contributed by atoms with Crippen LogP contribution in [-0.4, -0.2) is 40.7 Å². The summed E-state index contributed by atoms with van der Waals surface area (Å²) in [5, 5.41) is 0. The van der Waals surface area contributed by atoms with Crippen LogP contribution in [0.4, 0.5) is 4.79 Å². The van der Waals surface area contributed by atoms with Crippen molar-refractivity contribution in [2.75, 3.05) is 7.05 Å². The zero-order valence-electron chi connectivity index (χ0n) is 18.7. The molecule has 3 aromatic carbocycles. The van der Waals surface area contributed by atoms with Crippen LogP contribution in [0.3, 0.4) is 0 Å². The van der Waals surface area contributed by atoms with Gasteiger partial charge >= 0.3 is 6.03 Å². The van der Waals surface area contributed by atoms with Crippen molar-refractivity contribution in [1.82, 2.24) is 9.80 Å². The average molecular weight is 427 g/mol. The topological polar surface area (TPSA) is 40.6 Å². The second-order valence-corrected chi connectivity index (χ2v) is 8.57. The largest absolute Gasteiger partial charge is 0.323 e. The third-order valence-electron chi connectivity index (χ3n) is 6.55.